The molecule has 0 amide bonds. The normalized spacial score (nSPS) is 10.2. The standard InChI is InChI=1S/C8H21OSi3.2CH4.Rb/c1-7-10-8-12(5,6)9-11(2,3)4;;;/h7,10H,1,8H2,2-6H3;2*1H4;/q-1;;;+1. The molecule has 0 aliphatic heterocycles. The average molecular weight is 335 g/mol. The summed E-state index contributed by atoms with van der Waals surface area (Å²) in [5.41, 5.74) is 3.36. The summed E-state index contributed by atoms with van der Waals surface area (Å²) in [6, 6.07) is 0. The summed E-state index contributed by atoms with van der Waals surface area (Å²) in [5, 5.41) is 0. The predicted molar refractivity (Wildman–Crippen MR) is 77.5 cm³/mol. The van der Waals surface area contributed by atoms with E-state index in [1.807, 2.05) is 0 Å². The van der Waals surface area contributed by atoms with E-state index in [2.05, 4.69) is 45.0 Å². The number of hydrogen-bond donors (Lipinski definition) is 0. The van der Waals surface area contributed by atoms with Crippen molar-refractivity contribution in [3.63, 3.8) is 0 Å². The smallest absolute Gasteiger partial charge is 0.458 e. The second-order valence-electron chi connectivity index (χ2n) is 4.65. The van der Waals surface area contributed by atoms with Crippen LogP contribution in [0.25, 0.3) is 0 Å². The Morgan fingerprint density at radius 1 is 1.13 bits per heavy atom. The summed E-state index contributed by atoms with van der Waals surface area (Å²) in [4.78, 5) is 0. The fourth-order valence-corrected chi connectivity index (χ4v) is 11.9. The average Bonchev–Trinajstić information content (AvgIpc) is 1.78. The maximum absolute atomic E-state index is 6.18. The van der Waals surface area contributed by atoms with Crippen molar-refractivity contribution in [1.82, 2.24) is 0 Å². The zero-order chi connectivity index (χ0) is 9.83. The second-order valence-corrected chi connectivity index (χ2v) is 15.8. The van der Waals surface area contributed by atoms with E-state index in [1.54, 1.807) is 0 Å². The Labute approximate surface area is 151 Å². The molecule has 5 heteroatoms. The van der Waals surface area contributed by atoms with Crippen LogP contribution in [0.1, 0.15) is 14.9 Å². The minimum Gasteiger partial charge on any atom is -0.458 e. The van der Waals surface area contributed by atoms with Crippen LogP contribution in [0.5, 0.6) is 0 Å². The molecule has 0 unspecified atom stereocenters. The van der Waals surface area contributed by atoms with Gasteiger partial charge in [0.2, 0.25) is 0 Å². The molecule has 0 N–H and O–H groups in total. The van der Waals surface area contributed by atoms with Gasteiger partial charge in [-0.15, -0.1) is 6.58 Å². The van der Waals surface area contributed by atoms with Gasteiger partial charge in [-0.3, -0.25) is 0 Å². The topological polar surface area (TPSA) is 9.23 Å². The van der Waals surface area contributed by atoms with Crippen molar-refractivity contribution >= 4 is 26.2 Å². The molecule has 0 spiro atoms. The van der Waals surface area contributed by atoms with Crippen LogP contribution in [0, 0.1) is 0 Å². The fraction of sp³-hybridized carbons (Fsp3) is 0.800. The molecule has 0 fully saturated rings. The quantitative estimate of drug-likeness (QED) is 0.678. The third-order valence-corrected chi connectivity index (χ3v) is 11.2. The van der Waals surface area contributed by atoms with Crippen molar-refractivity contribution in [2.24, 2.45) is 0 Å². The molecular formula is C10H29ORbSi3. The van der Waals surface area contributed by atoms with E-state index in [1.165, 1.54) is 5.67 Å². The van der Waals surface area contributed by atoms with Gasteiger partial charge in [0.05, 0.1) is 0 Å². The van der Waals surface area contributed by atoms with Gasteiger partial charge in [-0.1, -0.05) is 14.9 Å². The van der Waals surface area contributed by atoms with Crippen molar-refractivity contribution < 1.29 is 62.3 Å². The van der Waals surface area contributed by atoms with Crippen molar-refractivity contribution in [3.05, 3.63) is 12.3 Å². The van der Waals surface area contributed by atoms with E-state index in [0.717, 1.165) is 0 Å². The van der Waals surface area contributed by atoms with Crippen molar-refractivity contribution in [1.29, 1.82) is 0 Å². The minimum absolute atomic E-state index is 0. The molecule has 0 aliphatic rings. The first kappa shape index (κ1) is 25.9. The van der Waals surface area contributed by atoms with E-state index < -0.39 is 16.6 Å². The molecule has 0 saturated carbocycles. The fourth-order valence-electron chi connectivity index (χ4n) is 1.24. The molecule has 15 heavy (non-hydrogen) atoms. The maximum atomic E-state index is 6.18. The molecule has 0 aromatic carbocycles. The van der Waals surface area contributed by atoms with Crippen molar-refractivity contribution in [2.75, 3.05) is 0 Å². The first-order valence-corrected chi connectivity index (χ1v) is 12.4. The summed E-state index contributed by atoms with van der Waals surface area (Å²) in [6.45, 7) is 15.2. The van der Waals surface area contributed by atoms with Gasteiger partial charge in [-0.2, -0.15) is 5.67 Å². The third-order valence-electron chi connectivity index (χ3n) is 1.36. The van der Waals surface area contributed by atoms with Gasteiger partial charge < -0.3 is 13.6 Å². The molecule has 0 aromatic heterocycles. The van der Waals surface area contributed by atoms with Gasteiger partial charge in [-0.25, -0.2) is 5.70 Å². The van der Waals surface area contributed by atoms with Gasteiger partial charge in [0.15, 0.2) is 8.32 Å². The first-order chi connectivity index (χ1) is 5.27. The Morgan fingerprint density at radius 3 is 1.80 bits per heavy atom. The molecular weight excluding hydrogens is 306 g/mol. The Hall–Kier alpha value is 2.16. The predicted octanol–water partition coefficient (Wildman–Crippen LogP) is 0.857. The van der Waals surface area contributed by atoms with Crippen LogP contribution in [0.15, 0.2) is 12.3 Å². The molecule has 0 atom stereocenters. The van der Waals surface area contributed by atoms with Gasteiger partial charge in [0, 0.05) is 0 Å². The molecule has 0 rings (SSSR count). The second kappa shape index (κ2) is 11.3. The number of hydrogen-bond acceptors (Lipinski definition) is 1. The Morgan fingerprint density at radius 2 is 1.53 bits per heavy atom. The van der Waals surface area contributed by atoms with Crippen molar-refractivity contribution in [2.45, 2.75) is 53.3 Å². The van der Waals surface area contributed by atoms with E-state index in [0.29, 0.717) is 9.52 Å². The summed E-state index contributed by atoms with van der Waals surface area (Å²) in [5.74, 6) is 0. The maximum Gasteiger partial charge on any atom is 1.00 e. The SMILES string of the molecule is C.C.C=C[SiH-]C[Si](C)(C)O[Si](C)(C)C.[Rb+]. The molecule has 0 radical (unpaired) electrons. The van der Waals surface area contributed by atoms with E-state index in [4.69, 9.17) is 4.12 Å². The zero-order valence-corrected chi connectivity index (χ0v) is 18.0. The monoisotopic (exact) mass is 334 g/mol. The van der Waals surface area contributed by atoms with E-state index in [-0.39, 0.29) is 73.0 Å². The van der Waals surface area contributed by atoms with Gasteiger partial charge in [-0.05, 0) is 32.7 Å². The Balaban J connectivity index is -0.000000202. The van der Waals surface area contributed by atoms with Gasteiger partial charge >= 0.3 is 58.2 Å². The van der Waals surface area contributed by atoms with Crippen LogP contribution in [-0.4, -0.2) is 26.2 Å². The molecule has 88 valence electrons. The van der Waals surface area contributed by atoms with Crippen molar-refractivity contribution in [3.8, 4) is 0 Å². The molecule has 0 heterocycles. The Bertz CT molecular complexity index is 155. The van der Waals surface area contributed by atoms with E-state index >= 15 is 0 Å². The van der Waals surface area contributed by atoms with E-state index in [9.17, 15) is 0 Å². The van der Waals surface area contributed by atoms with Crippen LogP contribution in [0.2, 0.25) is 38.4 Å². The molecule has 0 bridgehead atoms. The number of rotatable bonds is 5. The van der Waals surface area contributed by atoms with Crippen LogP contribution in [0.4, 0.5) is 0 Å². The molecule has 0 saturated heterocycles. The summed E-state index contributed by atoms with van der Waals surface area (Å²) in [6.07, 6.45) is 0. The Kier molecular flexibility index (Phi) is 19.4. The van der Waals surface area contributed by atoms with Crippen LogP contribution in [-0.2, 0) is 4.12 Å². The summed E-state index contributed by atoms with van der Waals surface area (Å²) in [7, 11) is -2.21. The summed E-state index contributed by atoms with van der Waals surface area (Å²) >= 11 is 0. The minimum atomic E-state index is -1.33. The largest absolute Gasteiger partial charge is 1.00 e. The molecule has 0 aliphatic carbocycles. The molecule has 1 nitrogen and oxygen atoms in total. The van der Waals surface area contributed by atoms with Crippen LogP contribution >= 0.6 is 0 Å². The summed E-state index contributed by atoms with van der Waals surface area (Å²) < 4.78 is 6.18. The van der Waals surface area contributed by atoms with Crippen LogP contribution in [0.3, 0.4) is 0 Å². The zero-order valence-electron chi connectivity index (χ0n) is 9.98. The first-order valence-electron chi connectivity index (χ1n) is 4.41. The van der Waals surface area contributed by atoms with Gasteiger partial charge in [0.1, 0.15) is 8.32 Å². The molecule has 0 aromatic rings. The van der Waals surface area contributed by atoms with Gasteiger partial charge in [0.25, 0.3) is 0 Å². The van der Waals surface area contributed by atoms with Crippen LogP contribution < -0.4 is 58.2 Å². The third kappa shape index (κ3) is 18.7.